The smallest absolute Gasteiger partial charge is 0.247 e. The average Bonchev–Trinajstić information content (AvgIpc) is 2.67. The van der Waals surface area contributed by atoms with Gasteiger partial charge in [-0.15, -0.1) is 0 Å². The molecule has 152 valence electrons. The van der Waals surface area contributed by atoms with Crippen LogP contribution in [-0.4, -0.2) is 38.1 Å². The highest BCUT2D eigenvalue weighted by Gasteiger charge is 2.33. The first-order valence-electron chi connectivity index (χ1n) is 9.39. The van der Waals surface area contributed by atoms with E-state index in [1.165, 1.54) is 24.0 Å². The molecule has 0 radical (unpaired) electrons. The van der Waals surface area contributed by atoms with Crippen LogP contribution < -0.4 is 9.62 Å². The van der Waals surface area contributed by atoms with E-state index in [4.69, 9.17) is 0 Å². The zero-order chi connectivity index (χ0) is 20.7. The molecular weight excluding hydrogens is 376 g/mol. The van der Waals surface area contributed by atoms with E-state index >= 15 is 0 Å². The Hall–Kier alpha value is -2.22. The highest BCUT2D eigenvalue weighted by molar-refractivity contribution is 7.89. The third kappa shape index (κ3) is 5.64. The van der Waals surface area contributed by atoms with Crippen LogP contribution in [0.3, 0.4) is 0 Å². The van der Waals surface area contributed by atoms with Gasteiger partial charge in [0.25, 0.3) is 0 Å². The van der Waals surface area contributed by atoms with Gasteiger partial charge >= 0.3 is 0 Å². The molecule has 28 heavy (non-hydrogen) atoms. The number of sulfonamides is 1. The standard InChI is InChI=1S/C21H28N2O4S/c1-4-5-15-23(18-9-7-6-8-10-18)21(25)20(17(3)24)22-28(26,27)19-13-11-16(2)12-14-19/h6-14,17,20,22,24H,4-5,15H2,1-3H3. The molecule has 0 spiro atoms. The number of aliphatic hydroxyl groups is 1. The normalized spacial score (nSPS) is 13.7. The van der Waals surface area contributed by atoms with E-state index in [-0.39, 0.29) is 4.90 Å². The number of hydrogen-bond donors (Lipinski definition) is 2. The molecule has 0 heterocycles. The minimum Gasteiger partial charge on any atom is -0.391 e. The van der Waals surface area contributed by atoms with E-state index in [2.05, 4.69) is 4.72 Å². The van der Waals surface area contributed by atoms with Crippen LogP contribution in [0.25, 0.3) is 0 Å². The van der Waals surface area contributed by atoms with E-state index in [1.54, 1.807) is 24.3 Å². The van der Waals surface area contributed by atoms with Gasteiger partial charge in [-0.25, -0.2) is 8.42 Å². The first-order valence-corrected chi connectivity index (χ1v) is 10.9. The molecule has 0 fully saturated rings. The summed E-state index contributed by atoms with van der Waals surface area (Å²) in [5, 5.41) is 10.2. The molecule has 0 bridgehead atoms. The minimum absolute atomic E-state index is 0.0522. The number of carbonyl (C=O) groups is 1. The van der Waals surface area contributed by atoms with Crippen molar-refractivity contribution in [3.8, 4) is 0 Å². The monoisotopic (exact) mass is 404 g/mol. The van der Waals surface area contributed by atoms with Crippen molar-refractivity contribution in [2.45, 2.75) is 50.7 Å². The molecule has 6 nitrogen and oxygen atoms in total. The van der Waals surface area contributed by atoms with Crippen LogP contribution in [0.5, 0.6) is 0 Å². The van der Waals surface area contributed by atoms with Crippen molar-refractivity contribution >= 4 is 21.6 Å². The third-order valence-electron chi connectivity index (χ3n) is 4.43. The Balaban J connectivity index is 2.32. The topological polar surface area (TPSA) is 86.7 Å². The summed E-state index contributed by atoms with van der Waals surface area (Å²) in [5.74, 6) is -0.481. The van der Waals surface area contributed by atoms with E-state index in [0.717, 1.165) is 18.4 Å². The summed E-state index contributed by atoms with van der Waals surface area (Å²) in [4.78, 5) is 14.8. The maximum absolute atomic E-state index is 13.2. The van der Waals surface area contributed by atoms with Crippen molar-refractivity contribution in [3.63, 3.8) is 0 Å². The summed E-state index contributed by atoms with van der Waals surface area (Å²) in [5.41, 5.74) is 1.60. The lowest BCUT2D eigenvalue weighted by molar-refractivity contribution is -0.122. The summed E-state index contributed by atoms with van der Waals surface area (Å²) in [6.45, 7) is 5.72. The van der Waals surface area contributed by atoms with Gasteiger partial charge in [0.05, 0.1) is 11.0 Å². The second-order valence-electron chi connectivity index (χ2n) is 6.83. The molecule has 2 aromatic rings. The number of hydrogen-bond acceptors (Lipinski definition) is 4. The van der Waals surface area contributed by atoms with Gasteiger partial charge in [0, 0.05) is 12.2 Å². The van der Waals surface area contributed by atoms with Gasteiger partial charge in [-0.2, -0.15) is 4.72 Å². The molecule has 0 saturated heterocycles. The summed E-state index contributed by atoms with van der Waals surface area (Å²) in [6, 6.07) is 14.1. The fourth-order valence-corrected chi connectivity index (χ4v) is 4.03. The predicted molar refractivity (Wildman–Crippen MR) is 111 cm³/mol. The zero-order valence-corrected chi connectivity index (χ0v) is 17.3. The Morgan fingerprint density at radius 3 is 2.25 bits per heavy atom. The molecule has 0 aliphatic rings. The number of nitrogens with one attached hydrogen (secondary N) is 1. The van der Waals surface area contributed by atoms with Crippen LogP contribution in [-0.2, 0) is 14.8 Å². The molecule has 1 amide bonds. The number of unbranched alkanes of at least 4 members (excludes halogenated alkanes) is 1. The highest BCUT2D eigenvalue weighted by Crippen LogP contribution is 2.18. The van der Waals surface area contributed by atoms with Crippen LogP contribution in [0.4, 0.5) is 5.69 Å². The molecule has 0 aromatic heterocycles. The van der Waals surface area contributed by atoms with E-state index < -0.39 is 28.1 Å². The number of para-hydroxylation sites is 1. The molecule has 2 N–H and O–H groups in total. The molecule has 7 heteroatoms. The van der Waals surface area contributed by atoms with E-state index in [9.17, 15) is 18.3 Å². The second-order valence-corrected chi connectivity index (χ2v) is 8.55. The predicted octanol–water partition coefficient (Wildman–Crippen LogP) is 2.86. The molecular formula is C21H28N2O4S. The fraction of sp³-hybridized carbons (Fsp3) is 0.381. The summed E-state index contributed by atoms with van der Waals surface area (Å²) >= 11 is 0. The number of benzene rings is 2. The number of aryl methyl sites for hydroxylation is 1. The van der Waals surface area contributed by atoms with E-state index in [1.807, 2.05) is 32.0 Å². The first kappa shape index (κ1) is 22.1. The Bertz CT molecular complexity index is 865. The van der Waals surface area contributed by atoms with E-state index in [0.29, 0.717) is 12.2 Å². The van der Waals surface area contributed by atoms with Crippen LogP contribution in [0.1, 0.15) is 32.3 Å². The maximum Gasteiger partial charge on any atom is 0.247 e. The Labute approximate surface area is 167 Å². The van der Waals surface area contributed by atoms with Gasteiger partial charge < -0.3 is 10.0 Å². The summed E-state index contributed by atoms with van der Waals surface area (Å²) in [7, 11) is -3.96. The van der Waals surface area contributed by atoms with Crippen molar-refractivity contribution in [2.75, 3.05) is 11.4 Å². The lowest BCUT2D eigenvalue weighted by atomic mass is 10.1. The lowest BCUT2D eigenvalue weighted by Gasteiger charge is -2.29. The third-order valence-corrected chi connectivity index (χ3v) is 5.89. The summed E-state index contributed by atoms with van der Waals surface area (Å²) < 4.78 is 27.9. The number of nitrogens with zero attached hydrogens (tertiary/aromatic N) is 1. The van der Waals surface area contributed by atoms with Gasteiger partial charge in [0.2, 0.25) is 15.9 Å². The quantitative estimate of drug-likeness (QED) is 0.673. The van der Waals surface area contributed by atoms with Gasteiger partial charge in [0.15, 0.2) is 0 Å². The van der Waals surface area contributed by atoms with Crippen molar-refractivity contribution in [1.82, 2.24) is 4.72 Å². The van der Waals surface area contributed by atoms with Gasteiger partial charge in [0.1, 0.15) is 6.04 Å². The van der Waals surface area contributed by atoms with Crippen LogP contribution in [0, 0.1) is 6.92 Å². The fourth-order valence-electron chi connectivity index (χ4n) is 2.77. The van der Waals surface area contributed by atoms with Crippen molar-refractivity contribution in [3.05, 3.63) is 60.2 Å². The van der Waals surface area contributed by atoms with Gasteiger partial charge in [-0.05, 0) is 44.5 Å². The van der Waals surface area contributed by atoms with Crippen LogP contribution in [0.15, 0.2) is 59.5 Å². The lowest BCUT2D eigenvalue weighted by Crippen LogP contribution is -2.54. The molecule has 2 unspecified atom stereocenters. The average molecular weight is 405 g/mol. The molecule has 2 rings (SSSR count). The molecule has 0 aliphatic heterocycles. The summed E-state index contributed by atoms with van der Waals surface area (Å²) in [6.07, 6.45) is 0.448. The van der Waals surface area contributed by atoms with Crippen molar-refractivity contribution in [2.24, 2.45) is 0 Å². The first-order chi connectivity index (χ1) is 13.3. The van der Waals surface area contributed by atoms with Crippen LogP contribution >= 0.6 is 0 Å². The number of anilines is 1. The Morgan fingerprint density at radius 2 is 1.71 bits per heavy atom. The molecule has 0 saturated carbocycles. The van der Waals surface area contributed by atoms with Crippen LogP contribution in [0.2, 0.25) is 0 Å². The van der Waals surface area contributed by atoms with Crippen molar-refractivity contribution in [1.29, 1.82) is 0 Å². The number of rotatable bonds is 9. The second kappa shape index (κ2) is 9.82. The number of amides is 1. The Morgan fingerprint density at radius 1 is 1.11 bits per heavy atom. The maximum atomic E-state index is 13.2. The zero-order valence-electron chi connectivity index (χ0n) is 16.5. The Kier molecular flexibility index (Phi) is 7.74. The van der Waals surface area contributed by atoms with Gasteiger partial charge in [-0.3, -0.25) is 4.79 Å². The number of carbonyl (C=O) groups excluding carboxylic acids is 1. The highest BCUT2D eigenvalue weighted by atomic mass is 32.2. The SMILES string of the molecule is CCCCN(C(=O)C(NS(=O)(=O)c1ccc(C)cc1)C(C)O)c1ccccc1. The van der Waals surface area contributed by atoms with Crippen molar-refractivity contribution < 1.29 is 18.3 Å². The largest absolute Gasteiger partial charge is 0.391 e. The minimum atomic E-state index is -3.96. The van der Waals surface area contributed by atoms with Gasteiger partial charge in [-0.1, -0.05) is 49.2 Å². The molecule has 2 aromatic carbocycles. The molecule has 0 aliphatic carbocycles. The number of aliphatic hydroxyl groups excluding tert-OH is 1. The molecule has 2 atom stereocenters.